The first-order valence-corrected chi connectivity index (χ1v) is 11.0. The minimum absolute atomic E-state index is 0.0135. The van der Waals surface area contributed by atoms with Gasteiger partial charge in [-0.1, -0.05) is 5.16 Å². The molecule has 10 heteroatoms. The molecule has 2 aromatic rings. The molecule has 1 fully saturated rings. The van der Waals surface area contributed by atoms with Crippen molar-refractivity contribution in [2.24, 2.45) is 0 Å². The monoisotopic (exact) mass is 408 g/mol. The lowest BCUT2D eigenvalue weighted by Crippen LogP contribution is -2.40. The van der Waals surface area contributed by atoms with E-state index in [4.69, 9.17) is 9.26 Å². The number of nitrogens with zero attached hydrogens (tertiary/aromatic N) is 3. The molecule has 28 heavy (non-hydrogen) atoms. The number of aryl methyl sites for hydroxylation is 2. The van der Waals surface area contributed by atoms with Crippen molar-refractivity contribution in [2.75, 3.05) is 6.61 Å². The predicted molar refractivity (Wildman–Crippen MR) is 99.4 cm³/mol. The number of sulfonamides is 1. The van der Waals surface area contributed by atoms with E-state index in [0.717, 1.165) is 11.3 Å². The summed E-state index contributed by atoms with van der Waals surface area (Å²) >= 11 is 0. The van der Waals surface area contributed by atoms with E-state index in [0.29, 0.717) is 51.0 Å². The Kier molecular flexibility index (Phi) is 5.11. The molecule has 0 radical (unpaired) electrons. The van der Waals surface area contributed by atoms with E-state index in [1.54, 1.807) is 24.6 Å². The van der Waals surface area contributed by atoms with Crippen LogP contribution in [0.3, 0.4) is 0 Å². The molecule has 0 unspecified atom stereocenters. The van der Waals surface area contributed by atoms with Gasteiger partial charge in [0.15, 0.2) is 5.76 Å². The maximum absolute atomic E-state index is 12.7. The quantitative estimate of drug-likeness (QED) is 0.812. The van der Waals surface area contributed by atoms with Crippen LogP contribution >= 0.6 is 0 Å². The number of nitrogens with one attached hydrogen (secondary N) is 1. The second kappa shape index (κ2) is 7.41. The average molecular weight is 408 g/mol. The molecule has 1 saturated carbocycles. The Morgan fingerprint density at radius 1 is 1.21 bits per heavy atom. The molecule has 0 bridgehead atoms. The van der Waals surface area contributed by atoms with Gasteiger partial charge in [-0.15, -0.1) is 0 Å². The highest BCUT2D eigenvalue weighted by Crippen LogP contribution is 2.29. The Hall–Kier alpha value is -2.04. The molecule has 3 heterocycles. The predicted octanol–water partition coefficient (Wildman–Crippen LogP) is 1.38. The van der Waals surface area contributed by atoms with Crippen LogP contribution in [0.5, 0.6) is 0 Å². The normalized spacial score (nSPS) is 22.8. The van der Waals surface area contributed by atoms with E-state index >= 15 is 0 Å². The molecule has 0 atom stereocenters. The van der Waals surface area contributed by atoms with Crippen molar-refractivity contribution in [3.8, 4) is 0 Å². The summed E-state index contributed by atoms with van der Waals surface area (Å²) < 4.78 is 40.1. The van der Waals surface area contributed by atoms with Crippen LogP contribution < -0.4 is 10.3 Å². The van der Waals surface area contributed by atoms with Gasteiger partial charge in [0.05, 0.1) is 24.9 Å². The third-order valence-corrected chi connectivity index (χ3v) is 7.23. The molecule has 0 saturated heterocycles. The highest BCUT2D eigenvalue weighted by atomic mass is 32.2. The van der Waals surface area contributed by atoms with Crippen molar-refractivity contribution in [3.63, 3.8) is 0 Å². The maximum Gasteiger partial charge on any atom is 0.267 e. The third-order valence-electron chi connectivity index (χ3n) is 5.46. The second-order valence-electron chi connectivity index (χ2n) is 7.48. The first-order chi connectivity index (χ1) is 13.3. The first kappa shape index (κ1) is 19.3. The van der Waals surface area contributed by atoms with Gasteiger partial charge in [-0.3, -0.25) is 4.79 Å². The first-order valence-electron chi connectivity index (χ1n) is 9.49. The molecular weight excluding hydrogens is 384 g/mol. The van der Waals surface area contributed by atoms with E-state index in [1.807, 2.05) is 0 Å². The Morgan fingerprint density at radius 3 is 2.64 bits per heavy atom. The number of aromatic nitrogens is 3. The lowest BCUT2D eigenvalue weighted by molar-refractivity contribution is 0.107. The Bertz CT molecular complexity index is 1020. The van der Waals surface area contributed by atoms with Gasteiger partial charge in [-0.25, -0.2) is 17.8 Å². The van der Waals surface area contributed by atoms with Crippen molar-refractivity contribution in [1.82, 2.24) is 19.7 Å². The average Bonchev–Trinajstić information content (AvgIpc) is 3.01. The van der Waals surface area contributed by atoms with Crippen LogP contribution in [0.2, 0.25) is 0 Å². The van der Waals surface area contributed by atoms with Crippen LogP contribution in [0.1, 0.15) is 54.4 Å². The molecule has 9 nitrogen and oxygen atoms in total. The highest BCUT2D eigenvalue weighted by Gasteiger charge is 2.31. The van der Waals surface area contributed by atoms with E-state index in [-0.39, 0.29) is 28.3 Å². The Balaban J connectivity index is 1.45. The summed E-state index contributed by atoms with van der Waals surface area (Å²) in [5.74, 6) is 0.285. The van der Waals surface area contributed by atoms with Gasteiger partial charge >= 0.3 is 0 Å². The molecule has 2 aromatic heterocycles. The zero-order valence-corrected chi connectivity index (χ0v) is 16.8. The van der Waals surface area contributed by atoms with Crippen LogP contribution in [0.15, 0.2) is 20.3 Å². The fourth-order valence-corrected chi connectivity index (χ4v) is 5.70. The van der Waals surface area contributed by atoms with Crippen molar-refractivity contribution >= 4 is 10.0 Å². The smallest absolute Gasteiger partial charge is 0.267 e. The minimum atomic E-state index is -3.68. The summed E-state index contributed by atoms with van der Waals surface area (Å²) in [5.41, 5.74) is 2.02. The van der Waals surface area contributed by atoms with Gasteiger partial charge in [0.1, 0.15) is 10.6 Å². The number of rotatable bonds is 4. The summed E-state index contributed by atoms with van der Waals surface area (Å²) in [6, 6.07) is 1.42. The number of fused-ring (bicyclic) bond motifs is 1. The van der Waals surface area contributed by atoms with Crippen molar-refractivity contribution in [2.45, 2.75) is 69.5 Å². The zero-order chi connectivity index (χ0) is 19.9. The van der Waals surface area contributed by atoms with Gasteiger partial charge < -0.3 is 9.26 Å². The van der Waals surface area contributed by atoms with Crippen LogP contribution in [0.4, 0.5) is 0 Å². The summed E-state index contributed by atoms with van der Waals surface area (Å²) in [5, 5.41) is 8.29. The Morgan fingerprint density at radius 2 is 1.96 bits per heavy atom. The summed E-state index contributed by atoms with van der Waals surface area (Å²) in [6.45, 7) is 4.26. The maximum atomic E-state index is 12.7. The van der Waals surface area contributed by atoms with Gasteiger partial charge in [0, 0.05) is 24.1 Å². The topological polar surface area (TPSA) is 116 Å². The zero-order valence-electron chi connectivity index (χ0n) is 16.0. The van der Waals surface area contributed by atoms with Gasteiger partial charge in [-0.2, -0.15) is 5.10 Å². The van der Waals surface area contributed by atoms with Crippen molar-refractivity contribution in [3.05, 3.63) is 39.1 Å². The molecule has 152 valence electrons. The van der Waals surface area contributed by atoms with Crippen molar-refractivity contribution in [1.29, 1.82) is 0 Å². The Labute approximate surface area is 163 Å². The summed E-state index contributed by atoms with van der Waals surface area (Å²) in [7, 11) is -3.68. The minimum Gasteiger partial charge on any atom is -0.376 e. The van der Waals surface area contributed by atoms with Crippen molar-refractivity contribution < 1.29 is 17.7 Å². The third kappa shape index (κ3) is 3.63. The molecule has 4 rings (SSSR count). The van der Waals surface area contributed by atoms with E-state index < -0.39 is 10.0 Å². The molecule has 1 N–H and O–H groups in total. The molecular formula is C18H24N4O5S. The molecule has 2 aliphatic rings. The van der Waals surface area contributed by atoms with Crippen LogP contribution in [-0.2, 0) is 27.8 Å². The second-order valence-corrected chi connectivity index (χ2v) is 9.13. The molecule has 1 aliphatic carbocycles. The van der Waals surface area contributed by atoms with Crippen LogP contribution in [0, 0.1) is 13.8 Å². The van der Waals surface area contributed by atoms with Gasteiger partial charge in [0.2, 0.25) is 10.0 Å². The molecule has 1 aliphatic heterocycles. The fraction of sp³-hybridized carbons (Fsp3) is 0.611. The molecule has 0 amide bonds. The fourth-order valence-electron chi connectivity index (χ4n) is 4.06. The van der Waals surface area contributed by atoms with Crippen LogP contribution in [-0.4, -0.2) is 36.0 Å². The van der Waals surface area contributed by atoms with Crippen LogP contribution in [0.25, 0.3) is 0 Å². The van der Waals surface area contributed by atoms with Gasteiger partial charge in [0.25, 0.3) is 5.56 Å². The standard InChI is InChI=1S/C18H24N4O5S/c1-11-18(12(2)27-20-11)28(24,25)21-14-3-5-15(6-4-14)22-17(23)9-13-10-26-8-7-16(13)19-22/h9,14-15,21H,3-8,10H2,1-2H3. The molecule has 0 spiro atoms. The summed E-state index contributed by atoms with van der Waals surface area (Å²) in [4.78, 5) is 12.6. The number of hydrogen-bond donors (Lipinski definition) is 1. The largest absolute Gasteiger partial charge is 0.376 e. The molecule has 0 aromatic carbocycles. The number of hydrogen-bond acceptors (Lipinski definition) is 7. The number of ether oxygens (including phenoxy) is 1. The SMILES string of the molecule is Cc1noc(C)c1S(=O)(=O)NC1CCC(n2nc3c(cc2=O)COCC3)CC1. The lowest BCUT2D eigenvalue weighted by atomic mass is 9.92. The lowest BCUT2D eigenvalue weighted by Gasteiger charge is -2.30. The van der Waals surface area contributed by atoms with Gasteiger partial charge in [-0.05, 0) is 39.5 Å². The van der Waals surface area contributed by atoms with E-state index in [1.165, 1.54) is 0 Å². The van der Waals surface area contributed by atoms with E-state index in [9.17, 15) is 13.2 Å². The highest BCUT2D eigenvalue weighted by molar-refractivity contribution is 7.89. The van der Waals surface area contributed by atoms with E-state index in [2.05, 4.69) is 15.0 Å². The summed E-state index contributed by atoms with van der Waals surface area (Å²) in [6.07, 6.45) is 3.37.